The average Bonchev–Trinajstić information content (AvgIpc) is 2.69. The number of rotatable bonds is 3. The number of aliphatic hydroxyl groups is 4. The molecule has 4 nitrogen and oxygen atoms in total. The van der Waals surface area contributed by atoms with Crippen LogP contribution in [0.25, 0.3) is 0 Å². The van der Waals surface area contributed by atoms with Crippen LogP contribution in [0.4, 0.5) is 0 Å². The van der Waals surface area contributed by atoms with Crippen LogP contribution in [-0.4, -0.2) is 44.8 Å². The first-order chi connectivity index (χ1) is 14.8. The second-order valence-corrected chi connectivity index (χ2v) is 13.9. The molecule has 4 rings (SSSR count). The Morgan fingerprint density at radius 1 is 0.531 bits per heavy atom. The van der Waals surface area contributed by atoms with Crippen LogP contribution in [0, 0.1) is 45.3 Å². The lowest BCUT2D eigenvalue weighted by molar-refractivity contribution is -0.180. The van der Waals surface area contributed by atoms with E-state index in [-0.39, 0.29) is 57.9 Å². The van der Waals surface area contributed by atoms with Gasteiger partial charge in [-0.15, -0.1) is 0 Å². The molecule has 0 heterocycles. The summed E-state index contributed by atoms with van der Waals surface area (Å²) in [5.41, 5.74) is -0.141. The molecule has 10 atom stereocenters. The fraction of sp³-hybridized carbons (Fsp3) is 1.00. The van der Waals surface area contributed by atoms with Gasteiger partial charge in [-0.1, -0.05) is 41.5 Å². The third-order valence-corrected chi connectivity index (χ3v) is 11.9. The molecule has 32 heavy (non-hydrogen) atoms. The standard InChI is InChI=1S/C28H50O4/c1-25(2)21-11-9-19(29)17(27(21,5)15-13-23(25)31)7-8-18-20(30)10-12-22-26(3,4)24(32)14-16-28(18,22)6/h17-24,29-32H,7-16H2,1-6H3/t17-,18-,19-,20-,21-,22-,23+,24+,27+,28+/m0/s1. The highest BCUT2D eigenvalue weighted by Crippen LogP contribution is 2.63. The quantitative estimate of drug-likeness (QED) is 0.492. The van der Waals surface area contributed by atoms with Crippen LogP contribution in [0.15, 0.2) is 0 Å². The van der Waals surface area contributed by atoms with Gasteiger partial charge in [0, 0.05) is 0 Å². The summed E-state index contributed by atoms with van der Waals surface area (Å²) >= 11 is 0. The van der Waals surface area contributed by atoms with E-state index in [0.717, 1.165) is 64.2 Å². The molecule has 4 N–H and O–H groups in total. The number of hydrogen-bond acceptors (Lipinski definition) is 4. The second-order valence-electron chi connectivity index (χ2n) is 13.9. The van der Waals surface area contributed by atoms with Crippen molar-refractivity contribution in [1.29, 1.82) is 0 Å². The fourth-order valence-corrected chi connectivity index (χ4v) is 9.80. The smallest absolute Gasteiger partial charge is 0.0594 e. The zero-order chi connectivity index (χ0) is 23.7. The molecule has 4 fully saturated rings. The summed E-state index contributed by atoms with van der Waals surface area (Å²) in [5, 5.41) is 43.8. The summed E-state index contributed by atoms with van der Waals surface area (Å²) < 4.78 is 0. The van der Waals surface area contributed by atoms with Crippen molar-refractivity contribution in [2.75, 3.05) is 0 Å². The maximum atomic E-state index is 11.2. The molecule has 0 unspecified atom stereocenters. The van der Waals surface area contributed by atoms with Crippen molar-refractivity contribution in [3.63, 3.8) is 0 Å². The Morgan fingerprint density at radius 3 is 1.22 bits per heavy atom. The minimum absolute atomic E-state index is 0.0440. The Kier molecular flexibility index (Phi) is 6.40. The average molecular weight is 451 g/mol. The predicted molar refractivity (Wildman–Crippen MR) is 128 cm³/mol. The highest BCUT2D eigenvalue weighted by Gasteiger charge is 2.59. The van der Waals surface area contributed by atoms with E-state index in [2.05, 4.69) is 41.5 Å². The van der Waals surface area contributed by atoms with Gasteiger partial charge in [0.15, 0.2) is 0 Å². The van der Waals surface area contributed by atoms with E-state index >= 15 is 0 Å². The normalized spacial score (nSPS) is 52.7. The van der Waals surface area contributed by atoms with Gasteiger partial charge in [-0.25, -0.2) is 0 Å². The van der Waals surface area contributed by atoms with Gasteiger partial charge in [-0.05, 0) is 110 Å². The topological polar surface area (TPSA) is 80.9 Å². The van der Waals surface area contributed by atoms with Gasteiger partial charge in [0.2, 0.25) is 0 Å². The van der Waals surface area contributed by atoms with Crippen molar-refractivity contribution < 1.29 is 20.4 Å². The van der Waals surface area contributed by atoms with E-state index in [9.17, 15) is 20.4 Å². The number of aliphatic hydroxyl groups excluding tert-OH is 4. The molecule has 0 spiro atoms. The van der Waals surface area contributed by atoms with Crippen LogP contribution >= 0.6 is 0 Å². The van der Waals surface area contributed by atoms with Crippen LogP contribution in [0.3, 0.4) is 0 Å². The van der Waals surface area contributed by atoms with Gasteiger partial charge in [0.25, 0.3) is 0 Å². The monoisotopic (exact) mass is 450 g/mol. The third kappa shape index (κ3) is 3.62. The summed E-state index contributed by atoms with van der Waals surface area (Å²) in [4.78, 5) is 0. The SMILES string of the molecule is CC1(C)[C@H](O)CC[C@]2(C)[C@@H](CC[C@H]3[C@@H](O)CC[C@H]4C(C)(C)[C@H](O)CC[C@]34C)[C@@H](O)CC[C@@H]12. The lowest BCUT2D eigenvalue weighted by atomic mass is 9.45. The summed E-state index contributed by atoms with van der Waals surface area (Å²) in [6.07, 6.45) is 8.08. The summed E-state index contributed by atoms with van der Waals surface area (Å²) in [6.45, 7) is 13.6. The molecule has 0 saturated heterocycles. The van der Waals surface area contributed by atoms with Gasteiger partial charge >= 0.3 is 0 Å². The van der Waals surface area contributed by atoms with E-state index in [1.807, 2.05) is 0 Å². The van der Waals surface area contributed by atoms with E-state index in [1.54, 1.807) is 0 Å². The van der Waals surface area contributed by atoms with Crippen molar-refractivity contribution in [2.24, 2.45) is 45.3 Å². The molecule has 0 radical (unpaired) electrons. The van der Waals surface area contributed by atoms with Crippen molar-refractivity contribution in [1.82, 2.24) is 0 Å². The van der Waals surface area contributed by atoms with Crippen molar-refractivity contribution in [3.8, 4) is 0 Å². The molecule has 0 aromatic carbocycles. The van der Waals surface area contributed by atoms with Crippen LogP contribution in [-0.2, 0) is 0 Å². The largest absolute Gasteiger partial charge is 0.393 e. The first kappa shape index (κ1) is 24.9. The molecule has 4 saturated carbocycles. The Morgan fingerprint density at radius 2 is 0.875 bits per heavy atom. The molecule has 4 aliphatic rings. The predicted octanol–water partition coefficient (Wildman–Crippen LogP) is 4.92. The van der Waals surface area contributed by atoms with Gasteiger partial charge in [-0.2, -0.15) is 0 Å². The Balaban J connectivity index is 1.56. The molecule has 4 heteroatoms. The minimum Gasteiger partial charge on any atom is -0.393 e. The number of hydrogen-bond donors (Lipinski definition) is 4. The molecule has 0 aromatic rings. The van der Waals surface area contributed by atoms with Gasteiger partial charge < -0.3 is 20.4 Å². The molecule has 0 bridgehead atoms. The van der Waals surface area contributed by atoms with Crippen molar-refractivity contribution in [3.05, 3.63) is 0 Å². The molecule has 0 aliphatic heterocycles. The lowest BCUT2D eigenvalue weighted by Crippen LogP contribution is -2.58. The van der Waals surface area contributed by atoms with Crippen LogP contribution < -0.4 is 0 Å². The second kappa shape index (κ2) is 8.21. The zero-order valence-electron chi connectivity index (χ0n) is 21.5. The molecule has 4 aliphatic carbocycles. The molecule has 0 amide bonds. The Hall–Kier alpha value is -0.160. The van der Waals surface area contributed by atoms with Crippen LogP contribution in [0.1, 0.15) is 106 Å². The fourth-order valence-electron chi connectivity index (χ4n) is 9.80. The van der Waals surface area contributed by atoms with Crippen LogP contribution in [0.5, 0.6) is 0 Å². The lowest BCUT2D eigenvalue weighted by Gasteiger charge is -2.61. The van der Waals surface area contributed by atoms with E-state index in [0.29, 0.717) is 11.8 Å². The van der Waals surface area contributed by atoms with Gasteiger partial charge in [0.05, 0.1) is 24.4 Å². The maximum Gasteiger partial charge on any atom is 0.0594 e. The minimum atomic E-state index is -0.281. The Labute approximate surface area is 196 Å². The molecular weight excluding hydrogens is 400 g/mol. The molecular formula is C28H50O4. The van der Waals surface area contributed by atoms with E-state index in [4.69, 9.17) is 0 Å². The first-order valence-corrected chi connectivity index (χ1v) is 13.5. The Bertz CT molecular complexity index is 631. The third-order valence-electron chi connectivity index (χ3n) is 11.9. The van der Waals surface area contributed by atoms with Crippen molar-refractivity contribution >= 4 is 0 Å². The maximum absolute atomic E-state index is 11.2. The van der Waals surface area contributed by atoms with Crippen molar-refractivity contribution in [2.45, 2.75) is 130 Å². The number of fused-ring (bicyclic) bond motifs is 2. The highest BCUT2D eigenvalue weighted by molar-refractivity contribution is 5.09. The summed E-state index contributed by atoms with van der Waals surface area (Å²) in [7, 11) is 0. The van der Waals surface area contributed by atoms with E-state index < -0.39 is 0 Å². The zero-order valence-corrected chi connectivity index (χ0v) is 21.5. The van der Waals surface area contributed by atoms with Crippen LogP contribution in [0.2, 0.25) is 0 Å². The molecule has 0 aromatic heterocycles. The van der Waals surface area contributed by atoms with Gasteiger partial charge in [0.1, 0.15) is 0 Å². The first-order valence-electron chi connectivity index (χ1n) is 13.5. The summed E-state index contributed by atoms with van der Waals surface area (Å²) in [6, 6.07) is 0. The van der Waals surface area contributed by atoms with Gasteiger partial charge in [-0.3, -0.25) is 0 Å². The highest BCUT2D eigenvalue weighted by atomic mass is 16.3. The summed E-state index contributed by atoms with van der Waals surface area (Å²) in [5.74, 6) is 1.31. The van der Waals surface area contributed by atoms with E-state index in [1.165, 1.54) is 0 Å². The molecule has 186 valence electrons.